The fourth-order valence-electron chi connectivity index (χ4n) is 1.09. The quantitative estimate of drug-likeness (QED) is 0.400. The highest BCUT2D eigenvalue weighted by molar-refractivity contribution is 6.24. The van der Waals surface area contributed by atoms with Gasteiger partial charge in [0.15, 0.2) is 5.92 Å². The second kappa shape index (κ2) is 6.65. The predicted molar refractivity (Wildman–Crippen MR) is 52.1 cm³/mol. The van der Waals surface area contributed by atoms with Crippen molar-refractivity contribution in [3.05, 3.63) is 0 Å². The van der Waals surface area contributed by atoms with Crippen molar-refractivity contribution in [1.82, 2.24) is 0 Å². The Labute approximate surface area is 88.5 Å². The third kappa shape index (κ3) is 3.54. The van der Waals surface area contributed by atoms with Crippen LogP contribution in [0.5, 0.6) is 0 Å². The first-order valence-electron chi connectivity index (χ1n) is 4.38. The first-order valence-corrected chi connectivity index (χ1v) is 4.81. The molecule has 0 aliphatic carbocycles. The monoisotopic (exact) mass is 222 g/mol. The van der Waals surface area contributed by atoms with Crippen LogP contribution in [0.3, 0.4) is 0 Å². The van der Waals surface area contributed by atoms with Crippen LogP contribution in [-0.4, -0.2) is 31.5 Å². The van der Waals surface area contributed by atoms with E-state index in [-0.39, 0.29) is 0 Å². The van der Waals surface area contributed by atoms with Crippen LogP contribution in [0, 0.1) is 5.92 Å². The van der Waals surface area contributed by atoms with Crippen molar-refractivity contribution in [2.24, 2.45) is 5.92 Å². The Morgan fingerprint density at radius 1 is 1.21 bits per heavy atom. The molecule has 0 aliphatic heterocycles. The number of rotatable bonds is 5. The number of ether oxygens (including phenoxy) is 2. The van der Waals surface area contributed by atoms with E-state index in [0.29, 0.717) is 6.42 Å². The molecule has 0 saturated heterocycles. The van der Waals surface area contributed by atoms with Crippen molar-refractivity contribution in [3.63, 3.8) is 0 Å². The smallest absolute Gasteiger partial charge is 0.321 e. The van der Waals surface area contributed by atoms with E-state index in [1.54, 1.807) is 0 Å². The minimum absolute atomic E-state index is 0.566. The zero-order chi connectivity index (χ0) is 11.1. The van der Waals surface area contributed by atoms with Gasteiger partial charge in [0, 0.05) is 0 Å². The van der Waals surface area contributed by atoms with Crippen molar-refractivity contribution in [2.45, 2.75) is 25.1 Å². The lowest BCUT2D eigenvalue weighted by atomic mass is 10.0. The summed E-state index contributed by atoms with van der Waals surface area (Å²) < 4.78 is 8.96. The lowest BCUT2D eigenvalue weighted by Gasteiger charge is -2.16. The molecule has 0 aromatic carbocycles. The lowest BCUT2D eigenvalue weighted by molar-refractivity contribution is -0.158. The third-order valence-electron chi connectivity index (χ3n) is 1.84. The molecule has 1 unspecified atom stereocenters. The molecule has 82 valence electrons. The maximum Gasteiger partial charge on any atom is 0.321 e. The first kappa shape index (κ1) is 13.2. The maximum atomic E-state index is 11.2. The van der Waals surface area contributed by atoms with Gasteiger partial charge >= 0.3 is 11.9 Å². The molecular weight excluding hydrogens is 208 g/mol. The van der Waals surface area contributed by atoms with E-state index in [2.05, 4.69) is 9.47 Å². The zero-order valence-electron chi connectivity index (χ0n) is 8.58. The van der Waals surface area contributed by atoms with Crippen LogP contribution in [-0.2, 0) is 19.1 Å². The van der Waals surface area contributed by atoms with Crippen LogP contribution in [0.1, 0.15) is 19.8 Å². The third-order valence-corrected chi connectivity index (χ3v) is 2.31. The molecule has 0 aromatic rings. The number of halogens is 1. The number of carbonyl (C=O) groups is 2. The van der Waals surface area contributed by atoms with Crippen LogP contribution >= 0.6 is 11.6 Å². The van der Waals surface area contributed by atoms with Gasteiger partial charge in [-0.2, -0.15) is 0 Å². The number of hydrogen-bond donors (Lipinski definition) is 0. The average Bonchev–Trinajstić information content (AvgIpc) is 2.17. The fraction of sp³-hybridized carbons (Fsp3) is 0.778. The van der Waals surface area contributed by atoms with Gasteiger partial charge in [-0.05, 0) is 6.42 Å². The second-order valence-electron chi connectivity index (χ2n) is 2.83. The normalized spacial score (nSPS) is 12.4. The molecule has 0 saturated carbocycles. The molecule has 0 amide bonds. The maximum absolute atomic E-state index is 11.2. The predicted octanol–water partition coefficient (Wildman–Crippen LogP) is 1.36. The Morgan fingerprint density at radius 3 is 1.93 bits per heavy atom. The Morgan fingerprint density at radius 2 is 1.64 bits per heavy atom. The number of carbonyl (C=O) groups excluding carboxylic acids is 2. The molecule has 0 fully saturated rings. The number of hydrogen-bond acceptors (Lipinski definition) is 4. The summed E-state index contributed by atoms with van der Waals surface area (Å²) in [6, 6.07) is 0. The molecule has 1 atom stereocenters. The highest BCUT2D eigenvalue weighted by Crippen LogP contribution is 2.19. The van der Waals surface area contributed by atoms with E-state index in [1.165, 1.54) is 14.2 Å². The lowest BCUT2D eigenvalue weighted by Crippen LogP contribution is -2.34. The van der Waals surface area contributed by atoms with Gasteiger partial charge in [0.1, 0.15) is 0 Å². The van der Waals surface area contributed by atoms with Gasteiger partial charge in [-0.1, -0.05) is 13.3 Å². The SMILES string of the molecule is CCCC(Cl)C(C(=O)OC)C(=O)OC. The van der Waals surface area contributed by atoms with Crippen molar-refractivity contribution in [2.75, 3.05) is 14.2 Å². The van der Waals surface area contributed by atoms with E-state index in [9.17, 15) is 9.59 Å². The Balaban J connectivity index is 4.54. The molecule has 0 radical (unpaired) electrons. The molecule has 4 nitrogen and oxygen atoms in total. The largest absolute Gasteiger partial charge is 0.468 e. The number of methoxy groups -OCH3 is 2. The summed E-state index contributed by atoms with van der Waals surface area (Å²) in [5.41, 5.74) is 0. The number of esters is 2. The van der Waals surface area contributed by atoms with Crippen molar-refractivity contribution < 1.29 is 19.1 Å². The van der Waals surface area contributed by atoms with E-state index in [0.717, 1.165) is 6.42 Å². The summed E-state index contributed by atoms with van der Waals surface area (Å²) in [7, 11) is 2.43. The fourth-order valence-corrected chi connectivity index (χ4v) is 1.51. The van der Waals surface area contributed by atoms with E-state index >= 15 is 0 Å². The van der Waals surface area contributed by atoms with E-state index in [1.807, 2.05) is 6.92 Å². The molecular formula is C9H15ClO4. The summed E-state index contributed by atoms with van der Waals surface area (Å²) in [5, 5.41) is -0.570. The van der Waals surface area contributed by atoms with Crippen LogP contribution in [0.2, 0.25) is 0 Å². The summed E-state index contributed by atoms with van der Waals surface area (Å²) in [4.78, 5) is 22.4. The summed E-state index contributed by atoms with van der Waals surface area (Å²) in [6.07, 6.45) is 1.36. The minimum atomic E-state index is -1.02. The Hall–Kier alpha value is -0.770. The molecule has 0 N–H and O–H groups in total. The van der Waals surface area contributed by atoms with Crippen molar-refractivity contribution in [1.29, 1.82) is 0 Å². The van der Waals surface area contributed by atoms with Crippen LogP contribution in [0.25, 0.3) is 0 Å². The van der Waals surface area contributed by atoms with Crippen molar-refractivity contribution >= 4 is 23.5 Å². The number of alkyl halides is 1. The average molecular weight is 223 g/mol. The zero-order valence-corrected chi connectivity index (χ0v) is 9.34. The van der Waals surface area contributed by atoms with Crippen LogP contribution in [0.4, 0.5) is 0 Å². The summed E-state index contributed by atoms with van der Waals surface area (Å²) in [6.45, 7) is 1.92. The van der Waals surface area contributed by atoms with E-state index in [4.69, 9.17) is 11.6 Å². The van der Waals surface area contributed by atoms with Gasteiger partial charge in [0.25, 0.3) is 0 Å². The van der Waals surface area contributed by atoms with E-state index < -0.39 is 23.2 Å². The second-order valence-corrected chi connectivity index (χ2v) is 3.39. The highest BCUT2D eigenvalue weighted by Gasteiger charge is 2.35. The molecule has 14 heavy (non-hydrogen) atoms. The van der Waals surface area contributed by atoms with Crippen LogP contribution < -0.4 is 0 Å². The molecule has 5 heteroatoms. The Kier molecular flexibility index (Phi) is 6.28. The summed E-state index contributed by atoms with van der Waals surface area (Å²) in [5.74, 6) is -2.32. The Bertz CT molecular complexity index is 189. The molecule has 0 aromatic heterocycles. The topological polar surface area (TPSA) is 52.6 Å². The van der Waals surface area contributed by atoms with Gasteiger partial charge in [-0.15, -0.1) is 11.6 Å². The van der Waals surface area contributed by atoms with Gasteiger partial charge in [0.2, 0.25) is 0 Å². The summed E-state index contributed by atoms with van der Waals surface area (Å²) >= 11 is 5.89. The molecule has 0 aliphatic rings. The van der Waals surface area contributed by atoms with Gasteiger partial charge < -0.3 is 9.47 Å². The van der Waals surface area contributed by atoms with Crippen LogP contribution in [0.15, 0.2) is 0 Å². The first-order chi connectivity index (χ1) is 6.58. The van der Waals surface area contributed by atoms with Crippen molar-refractivity contribution in [3.8, 4) is 0 Å². The highest BCUT2D eigenvalue weighted by atomic mass is 35.5. The molecule has 0 bridgehead atoms. The van der Waals surface area contributed by atoms with Gasteiger partial charge in [0.05, 0.1) is 19.6 Å². The van der Waals surface area contributed by atoms with Gasteiger partial charge in [-0.3, -0.25) is 9.59 Å². The molecule has 0 heterocycles. The minimum Gasteiger partial charge on any atom is -0.468 e. The standard InChI is InChI=1S/C9H15ClO4/c1-4-5-6(10)7(8(11)13-2)9(12)14-3/h6-7H,4-5H2,1-3H3. The molecule has 0 spiro atoms. The van der Waals surface area contributed by atoms with Gasteiger partial charge in [-0.25, -0.2) is 0 Å². The molecule has 0 rings (SSSR count).